The zero-order valence-corrected chi connectivity index (χ0v) is 8.83. The molecule has 5 heteroatoms. The second-order valence-corrected chi connectivity index (χ2v) is 4.17. The van der Waals surface area contributed by atoms with Crippen LogP contribution in [0.15, 0.2) is 24.3 Å². The molecular weight excluding hydrogens is 216 g/mol. The molecule has 1 aromatic rings. The highest BCUT2D eigenvalue weighted by molar-refractivity contribution is 6.73. The van der Waals surface area contributed by atoms with Crippen LogP contribution in [-0.4, -0.2) is 13.1 Å². The van der Waals surface area contributed by atoms with Gasteiger partial charge >= 0.3 is 6.98 Å². The lowest BCUT2D eigenvalue weighted by Gasteiger charge is -2.18. The fourth-order valence-corrected chi connectivity index (χ4v) is 1.99. The molecule has 2 rings (SSSR count). The fourth-order valence-electron chi connectivity index (χ4n) is 1.99. The van der Waals surface area contributed by atoms with Crippen LogP contribution in [0.5, 0.6) is 5.75 Å². The molecule has 0 amide bonds. The number of halogens is 3. The first-order valence-electron chi connectivity index (χ1n) is 5.52. The maximum atomic E-state index is 12.5. The number of hydrogen-bond acceptors (Lipinski definition) is 1. The van der Waals surface area contributed by atoms with E-state index in [0.29, 0.717) is 5.75 Å². The maximum Gasteiger partial charge on any atom is 0.509 e. The van der Waals surface area contributed by atoms with Gasteiger partial charge in [0.2, 0.25) is 0 Å². The highest BCUT2D eigenvalue weighted by atomic mass is 19.4. The Balaban J connectivity index is 2.09. The zero-order chi connectivity index (χ0) is 11.6. The van der Waals surface area contributed by atoms with Gasteiger partial charge in [-0.2, -0.15) is 0 Å². The van der Waals surface area contributed by atoms with Crippen molar-refractivity contribution in [2.24, 2.45) is 0 Å². The van der Waals surface area contributed by atoms with E-state index >= 15 is 0 Å². The molecule has 16 heavy (non-hydrogen) atoms. The van der Waals surface area contributed by atoms with Crippen LogP contribution in [0.1, 0.15) is 25.7 Å². The lowest BCUT2D eigenvalue weighted by Crippen LogP contribution is -2.33. The van der Waals surface area contributed by atoms with Gasteiger partial charge in [0.1, 0.15) is 5.75 Å². The van der Waals surface area contributed by atoms with E-state index in [1.165, 1.54) is 6.07 Å². The Hall–Kier alpha value is -1.13. The number of ether oxygens (including phenoxy) is 1. The molecule has 0 aliphatic heterocycles. The first-order valence-corrected chi connectivity index (χ1v) is 5.52. The van der Waals surface area contributed by atoms with E-state index in [0.717, 1.165) is 37.8 Å². The molecule has 1 aliphatic rings. The standard InChI is InChI=1S/C11H13BF3O/c13-12(14,15)9-4-3-7-11(8-9)16-10-5-1-2-6-10/h3-4,7-8,10H,1-2,5-6H2/q-1. The van der Waals surface area contributed by atoms with Crippen molar-refractivity contribution in [1.29, 1.82) is 0 Å². The summed E-state index contributed by atoms with van der Waals surface area (Å²) in [5.74, 6) is 0.337. The SMILES string of the molecule is F[B-](F)(F)c1cccc(OC2CCCC2)c1. The second-order valence-electron chi connectivity index (χ2n) is 4.17. The molecule has 0 atom stereocenters. The molecule has 0 heterocycles. The predicted octanol–water partition coefficient (Wildman–Crippen LogP) is 3.06. The zero-order valence-electron chi connectivity index (χ0n) is 8.83. The molecule has 88 valence electrons. The molecule has 0 bridgehead atoms. The van der Waals surface area contributed by atoms with Crippen molar-refractivity contribution in [2.75, 3.05) is 0 Å². The van der Waals surface area contributed by atoms with E-state index in [4.69, 9.17) is 4.74 Å². The summed E-state index contributed by atoms with van der Waals surface area (Å²) in [6.45, 7) is -4.93. The molecular formula is C11H13BF3O-. The van der Waals surface area contributed by atoms with Gasteiger partial charge in [-0.25, -0.2) is 0 Å². The van der Waals surface area contributed by atoms with Crippen molar-refractivity contribution >= 4 is 12.4 Å². The summed E-state index contributed by atoms with van der Waals surface area (Å²) in [7, 11) is 0. The smallest absolute Gasteiger partial charge is 0.491 e. The summed E-state index contributed by atoms with van der Waals surface area (Å²) in [5.41, 5.74) is -0.588. The quantitative estimate of drug-likeness (QED) is 0.723. The number of rotatable bonds is 3. The second kappa shape index (κ2) is 4.40. The highest BCUT2D eigenvalue weighted by Crippen LogP contribution is 2.24. The topological polar surface area (TPSA) is 9.23 Å². The van der Waals surface area contributed by atoms with Crippen LogP contribution in [0.4, 0.5) is 12.9 Å². The van der Waals surface area contributed by atoms with Crippen LogP contribution < -0.4 is 10.2 Å². The largest absolute Gasteiger partial charge is 0.509 e. The predicted molar refractivity (Wildman–Crippen MR) is 58.0 cm³/mol. The number of benzene rings is 1. The average Bonchev–Trinajstić information content (AvgIpc) is 2.70. The molecule has 1 saturated carbocycles. The van der Waals surface area contributed by atoms with Crippen molar-refractivity contribution in [3.63, 3.8) is 0 Å². The third-order valence-electron chi connectivity index (χ3n) is 2.84. The van der Waals surface area contributed by atoms with Gasteiger partial charge in [0.15, 0.2) is 0 Å². The molecule has 0 spiro atoms. The van der Waals surface area contributed by atoms with Gasteiger partial charge < -0.3 is 17.7 Å². The van der Waals surface area contributed by atoms with Gasteiger partial charge in [0.05, 0.1) is 6.10 Å². The van der Waals surface area contributed by atoms with E-state index in [9.17, 15) is 12.9 Å². The Morgan fingerprint density at radius 2 is 1.81 bits per heavy atom. The molecule has 0 N–H and O–H groups in total. The van der Waals surface area contributed by atoms with Crippen LogP contribution in [0, 0.1) is 0 Å². The monoisotopic (exact) mass is 229 g/mol. The van der Waals surface area contributed by atoms with E-state index in [-0.39, 0.29) is 6.10 Å². The van der Waals surface area contributed by atoms with Crippen LogP contribution >= 0.6 is 0 Å². The average molecular weight is 229 g/mol. The minimum Gasteiger partial charge on any atom is -0.491 e. The Kier molecular flexibility index (Phi) is 3.12. The van der Waals surface area contributed by atoms with Crippen LogP contribution in [0.3, 0.4) is 0 Å². The van der Waals surface area contributed by atoms with Gasteiger partial charge in [-0.05, 0) is 37.8 Å². The Bertz CT molecular complexity index is 358. The normalized spacial score (nSPS) is 17.7. The first kappa shape index (κ1) is 11.4. The van der Waals surface area contributed by atoms with Crippen LogP contribution in [0.25, 0.3) is 0 Å². The summed E-state index contributed by atoms with van der Waals surface area (Å²) in [5, 5.41) is 0. The van der Waals surface area contributed by atoms with Crippen molar-refractivity contribution < 1.29 is 17.7 Å². The number of hydrogen-bond donors (Lipinski definition) is 0. The molecule has 1 aliphatic carbocycles. The third kappa shape index (κ3) is 2.71. The minimum absolute atomic E-state index is 0.0935. The van der Waals surface area contributed by atoms with Gasteiger partial charge in [0.25, 0.3) is 0 Å². The van der Waals surface area contributed by atoms with Crippen molar-refractivity contribution in [2.45, 2.75) is 31.8 Å². The van der Waals surface area contributed by atoms with Crippen molar-refractivity contribution in [3.05, 3.63) is 24.3 Å². The molecule has 1 nitrogen and oxygen atoms in total. The van der Waals surface area contributed by atoms with E-state index in [2.05, 4.69) is 0 Å². The van der Waals surface area contributed by atoms with Gasteiger partial charge in [0, 0.05) is 0 Å². The first-order chi connectivity index (χ1) is 7.55. The lowest BCUT2D eigenvalue weighted by molar-refractivity contribution is 0.210. The minimum atomic E-state index is -4.93. The third-order valence-corrected chi connectivity index (χ3v) is 2.84. The molecule has 1 aromatic carbocycles. The van der Waals surface area contributed by atoms with Crippen molar-refractivity contribution in [3.8, 4) is 5.75 Å². The van der Waals surface area contributed by atoms with Gasteiger partial charge in [-0.3, -0.25) is 0 Å². The summed E-state index contributed by atoms with van der Waals surface area (Å²) in [6, 6.07) is 5.17. The van der Waals surface area contributed by atoms with Crippen molar-refractivity contribution in [1.82, 2.24) is 0 Å². The maximum absolute atomic E-state index is 12.5. The highest BCUT2D eigenvalue weighted by Gasteiger charge is 2.26. The van der Waals surface area contributed by atoms with E-state index < -0.39 is 12.4 Å². The van der Waals surface area contributed by atoms with E-state index in [1.807, 2.05) is 0 Å². The van der Waals surface area contributed by atoms with Crippen LogP contribution in [-0.2, 0) is 0 Å². The van der Waals surface area contributed by atoms with Gasteiger partial charge in [-0.1, -0.05) is 12.1 Å². The summed E-state index contributed by atoms with van der Waals surface area (Å²) >= 11 is 0. The van der Waals surface area contributed by atoms with Gasteiger partial charge in [-0.15, -0.1) is 5.46 Å². The summed E-state index contributed by atoms with van der Waals surface area (Å²) in [4.78, 5) is 0. The molecule has 0 unspecified atom stereocenters. The Morgan fingerprint density at radius 1 is 1.12 bits per heavy atom. The van der Waals surface area contributed by atoms with Crippen LogP contribution in [0.2, 0.25) is 0 Å². The lowest BCUT2D eigenvalue weighted by atomic mass is 9.80. The molecule has 1 fully saturated rings. The molecule has 0 radical (unpaired) electrons. The summed E-state index contributed by atoms with van der Waals surface area (Å²) in [6.07, 6.45) is 4.19. The fraction of sp³-hybridized carbons (Fsp3) is 0.455. The van der Waals surface area contributed by atoms with E-state index in [1.54, 1.807) is 6.07 Å². The summed E-state index contributed by atoms with van der Waals surface area (Å²) < 4.78 is 43.0. The molecule has 0 aromatic heterocycles. The Labute approximate surface area is 92.7 Å². The molecule has 0 saturated heterocycles. The Morgan fingerprint density at radius 3 is 2.44 bits per heavy atom.